The van der Waals surface area contributed by atoms with Crippen LogP contribution in [0.1, 0.15) is 290 Å². The maximum Gasteiger partial charge on any atom is 0.246 e. The predicted octanol–water partition coefficient (Wildman–Crippen LogP) is 28.9. The lowest BCUT2D eigenvalue weighted by atomic mass is 9.76. The van der Waals surface area contributed by atoms with Crippen LogP contribution in [0.2, 0.25) is 20.1 Å². The summed E-state index contributed by atoms with van der Waals surface area (Å²) in [6, 6.07) is 25.5. The summed E-state index contributed by atoms with van der Waals surface area (Å²) < 4.78 is 43.4. The number of aliphatic imine (C=N–C) groups is 1. The lowest BCUT2D eigenvalue weighted by Gasteiger charge is -2.40. The molecule has 0 unspecified atom stereocenters. The Balaban J connectivity index is 0.000000134. The highest BCUT2D eigenvalue weighted by molar-refractivity contribution is 9.11. The first-order chi connectivity index (χ1) is 70.6. The number of hydrogen-bond acceptors (Lipinski definition) is 16. The minimum absolute atomic E-state index is 0. The van der Waals surface area contributed by atoms with Crippen LogP contribution >= 0.6 is 174 Å². The van der Waals surface area contributed by atoms with E-state index in [1.807, 2.05) is 67.1 Å². The highest BCUT2D eigenvalue weighted by Crippen LogP contribution is 2.54. The second kappa shape index (κ2) is 51.7. The van der Waals surface area contributed by atoms with Crippen molar-refractivity contribution in [2.24, 2.45) is 40.5 Å². The Morgan fingerprint density at radius 2 is 0.611 bits per heavy atom. The third-order valence-electron chi connectivity index (χ3n) is 34.3. The topological polar surface area (TPSA) is 204 Å². The number of carbonyl (C=O) groups is 4. The minimum Gasteiger partial charge on any atom is -0.348 e. The molecule has 4 atom stereocenters. The van der Waals surface area contributed by atoms with Gasteiger partial charge in [0.1, 0.15) is 0 Å². The van der Waals surface area contributed by atoms with Gasteiger partial charge in [0.15, 0.2) is 17.4 Å². The van der Waals surface area contributed by atoms with Crippen molar-refractivity contribution in [3.05, 3.63) is 255 Å². The first-order valence-electron chi connectivity index (χ1n) is 53.0. The second-order valence-corrected chi connectivity index (χ2v) is 51.7. The molecule has 0 bridgehead atoms. The zero-order valence-corrected chi connectivity index (χ0v) is 98.5. The number of pyridine rings is 4. The molecule has 8 aromatic rings. The number of benzene rings is 4. The van der Waals surface area contributed by atoms with Crippen LogP contribution in [-0.2, 0) is 99.0 Å². The average Bonchev–Trinajstić information content (AvgIpc) is 1.69. The lowest BCUT2D eigenvalue weighted by molar-refractivity contribution is -0.186. The molecule has 15 aliphatic rings. The van der Waals surface area contributed by atoms with Gasteiger partial charge in [-0.3, -0.25) is 49.0 Å². The van der Waals surface area contributed by atoms with Gasteiger partial charge in [-0.2, -0.15) is 0 Å². The molecule has 20 nitrogen and oxygen atoms in total. The van der Waals surface area contributed by atoms with Gasteiger partial charge in [-0.1, -0.05) is 138 Å². The van der Waals surface area contributed by atoms with Gasteiger partial charge in [0.25, 0.3) is 0 Å². The van der Waals surface area contributed by atoms with Crippen molar-refractivity contribution in [3.63, 3.8) is 0 Å². The largest absolute Gasteiger partial charge is 0.348 e. The molecule has 8 saturated heterocycles. The van der Waals surface area contributed by atoms with Crippen molar-refractivity contribution < 1.29 is 47.6 Å². The fourth-order valence-electron chi connectivity index (χ4n) is 26.6. The monoisotopic (exact) mass is 2620 g/mol. The molecule has 12 heterocycles. The zero-order chi connectivity index (χ0) is 101. The highest BCUT2D eigenvalue weighted by Gasteiger charge is 2.48. The molecule has 4 aromatic carbocycles. The fraction of sp³-hybridized carbons (Fsp3) is 0.564. The second-order valence-electron chi connectivity index (χ2n) is 42.8. The molecular formula is C117H140Br8Cl4N10O10. The van der Waals surface area contributed by atoms with Gasteiger partial charge in [0.05, 0.1) is 69.0 Å². The number of nitrogens with zero attached hydrogens (tertiary/aromatic N) is 10. The van der Waals surface area contributed by atoms with Crippen molar-refractivity contribution in [1.82, 2.24) is 44.4 Å². The Bertz CT molecular complexity index is 5990. The highest BCUT2D eigenvalue weighted by atomic mass is 79.9. The van der Waals surface area contributed by atoms with Gasteiger partial charge in [0, 0.05) is 240 Å². The van der Waals surface area contributed by atoms with Gasteiger partial charge in [-0.25, -0.2) is 0 Å². The van der Waals surface area contributed by atoms with E-state index in [0.29, 0.717) is 106 Å². The van der Waals surface area contributed by atoms with Crippen LogP contribution in [-0.4, -0.2) is 210 Å². The van der Waals surface area contributed by atoms with E-state index in [9.17, 15) is 19.2 Å². The van der Waals surface area contributed by atoms with Crippen molar-refractivity contribution in [3.8, 4) is 0 Å². The van der Waals surface area contributed by atoms with E-state index in [-0.39, 0.29) is 63.6 Å². The molecule has 32 heteroatoms. The van der Waals surface area contributed by atoms with E-state index in [4.69, 9.17) is 94.8 Å². The van der Waals surface area contributed by atoms with Crippen LogP contribution in [0.4, 0.5) is 0 Å². The minimum atomic E-state index is -0.398. The van der Waals surface area contributed by atoms with Crippen molar-refractivity contribution in [2.75, 3.05) is 119 Å². The van der Waals surface area contributed by atoms with Crippen LogP contribution in [0.5, 0.6) is 0 Å². The normalized spacial score (nSPS) is 23.5. The standard InChI is InChI=1S/C29H33Br2ClN2O3.C29H31Br2ClN2O3.C28H32Br2ClN3O3.C28H32Br2ClN3O.3CH4/c2*30-22-14-21-2-1-20-15-23(32)16-24(31)26(20)27(28(21)33-17-22)19-5-9-34(10-6-19)25(35)13-18-3-7-29(8-4-18)36-11-12-37-29;29-21-13-20-2-1-19-14-22(31)15-23(30)25(19)26(27(20)32-16-21)18-3-7-34(8-4-18)24(35)17-33-9-5-28(6-10-33)36-11-12-37-28;1-32-23-6-2-17(3-7-23)12-25(35)34-10-8-18(9-11-34)27-26-19(14-22(31)15-24(26)30)4-5-20-13-21(29)16-33-28(20)27;;;/h14-19,27H,1-13H2;13-17,19,27H,1-12H2;13-16,18,26H,1-12,17H2;13-18,27H,2-12H2,1H3;3*1H4/t2*27-;26-;17?,27-;;;/m1111.../s1. The van der Waals surface area contributed by atoms with Crippen LogP contribution in [0, 0.1) is 35.5 Å². The summed E-state index contributed by atoms with van der Waals surface area (Å²) in [4.78, 5) is 87.6. The number of fused-ring (bicyclic) bond motifs is 8. The van der Waals surface area contributed by atoms with Gasteiger partial charge >= 0.3 is 0 Å². The van der Waals surface area contributed by atoms with E-state index < -0.39 is 11.6 Å². The average molecular weight is 2630 g/mol. The maximum absolute atomic E-state index is 13.3. The van der Waals surface area contributed by atoms with Crippen molar-refractivity contribution in [2.45, 2.75) is 269 Å². The first-order valence-corrected chi connectivity index (χ1v) is 60.8. The summed E-state index contributed by atoms with van der Waals surface area (Å²) in [5.74, 6) is 3.30. The van der Waals surface area contributed by atoms with Gasteiger partial charge in [0.2, 0.25) is 23.6 Å². The molecule has 23 rings (SSSR count). The SMILES string of the molecule is C.C.C.CN=C1CCC(CC(=O)N2CCC([C@H]3c4ncc(Br)cc4CCc4cc(Cl)cc(Br)c43)CC2)CC1.O=C(C=C1CCC2(CC1)OCCO2)N1CCC([C@H]2c3ncc(Br)cc3CCc3cc(Cl)cc(Br)c32)CC1.O=C(CC1CCC2(CC1)OCCO2)N1CCC([C@H]2c3ncc(Br)cc3CCc3cc(Cl)cc(Br)c32)CC1.O=C(CN1CCC2(CC1)OCCO2)N1CCC([C@H]2c3ncc(Br)cc3CCc3cc(Cl)cc(Br)c32)CC1. The van der Waals surface area contributed by atoms with Gasteiger partial charge in [-0.05, 0) is 393 Å². The van der Waals surface area contributed by atoms with Gasteiger partial charge in [-0.15, -0.1) is 0 Å². The Kier molecular flexibility index (Phi) is 40.0. The molecule has 149 heavy (non-hydrogen) atoms. The summed E-state index contributed by atoms with van der Waals surface area (Å²) in [6.07, 6.45) is 39.6. The van der Waals surface area contributed by atoms with E-state index >= 15 is 0 Å². The zero-order valence-electron chi connectivity index (χ0n) is 82.8. The number of carbonyl (C=O) groups excluding carboxylic acids is 4. The third kappa shape index (κ3) is 26.9. The summed E-state index contributed by atoms with van der Waals surface area (Å²) in [5, 5.41) is 3.07. The molecule has 7 aliphatic carbocycles. The molecule has 0 N–H and O–H groups in total. The third-order valence-corrected chi connectivity index (χ3v) is 39.5. The number of rotatable bonds is 11. The number of amides is 4. The Morgan fingerprint density at radius 3 is 0.919 bits per heavy atom. The number of ether oxygens (including phenoxy) is 6. The fourth-order valence-corrected chi connectivity index (χ4v) is 32.6. The number of allylic oxidation sites excluding steroid dienone is 1. The quantitative estimate of drug-likeness (QED) is 0.111. The summed E-state index contributed by atoms with van der Waals surface area (Å²) in [5.41, 5.74) is 23.0. The maximum atomic E-state index is 13.3. The van der Waals surface area contributed by atoms with E-state index in [0.717, 1.165) is 314 Å². The number of halogens is 12. The molecule has 3 saturated carbocycles. The summed E-state index contributed by atoms with van der Waals surface area (Å²) in [6.45, 7) is 12.7. The smallest absolute Gasteiger partial charge is 0.246 e. The summed E-state index contributed by atoms with van der Waals surface area (Å²) >= 11 is 55.7. The van der Waals surface area contributed by atoms with E-state index in [1.165, 1.54) is 101 Å². The molecule has 802 valence electrons. The molecule has 0 radical (unpaired) electrons. The van der Waals surface area contributed by atoms with E-state index in [1.54, 1.807) is 0 Å². The lowest BCUT2D eigenvalue weighted by Crippen LogP contribution is -2.50. The molecule has 3 spiro atoms. The van der Waals surface area contributed by atoms with Crippen LogP contribution in [0.25, 0.3) is 0 Å². The Hall–Kier alpha value is -4.51. The number of hydrogen-bond donors (Lipinski definition) is 0. The first kappa shape index (κ1) is 116. The van der Waals surface area contributed by atoms with Crippen molar-refractivity contribution >= 4 is 203 Å². The van der Waals surface area contributed by atoms with Crippen LogP contribution < -0.4 is 0 Å². The number of aromatic nitrogens is 4. The molecular weight excluding hydrogens is 2490 g/mol. The van der Waals surface area contributed by atoms with Crippen LogP contribution in [0.3, 0.4) is 0 Å². The molecule has 4 amide bonds. The van der Waals surface area contributed by atoms with Gasteiger partial charge < -0.3 is 48.0 Å². The predicted molar refractivity (Wildman–Crippen MR) is 621 cm³/mol. The summed E-state index contributed by atoms with van der Waals surface area (Å²) in [7, 11) is 1.89. The molecule has 11 fully saturated rings. The Labute approximate surface area is 968 Å². The molecule has 8 aliphatic heterocycles. The number of piperidine rings is 5. The van der Waals surface area contributed by atoms with Crippen molar-refractivity contribution in [1.29, 1.82) is 0 Å². The van der Waals surface area contributed by atoms with E-state index in [2.05, 4.69) is 201 Å². The molecule has 4 aromatic heterocycles. The Morgan fingerprint density at radius 1 is 0.336 bits per heavy atom. The number of likely N-dealkylation sites (tertiary alicyclic amines) is 5. The number of aryl methyl sites for hydroxylation is 8. The van der Waals surface area contributed by atoms with Crippen LogP contribution in [0.15, 0.2) is 150 Å².